The molecule has 3 nitrogen and oxygen atoms in total. The molecule has 1 N–H and O–H groups in total. The van der Waals surface area contributed by atoms with Crippen molar-refractivity contribution in [2.24, 2.45) is 0 Å². The number of carbonyl (C=O) groups is 1. The Hall–Kier alpha value is -1.69. The Morgan fingerprint density at radius 2 is 2.04 bits per heavy atom. The van der Waals surface area contributed by atoms with Gasteiger partial charge in [-0.1, -0.05) is 29.8 Å². The van der Waals surface area contributed by atoms with E-state index in [0.717, 1.165) is 22.7 Å². The maximum atomic E-state index is 12.8. The van der Waals surface area contributed by atoms with Crippen molar-refractivity contribution in [1.82, 2.24) is 10.3 Å². The predicted octanol–water partition coefficient (Wildman–Crippen LogP) is 4.85. The molecule has 3 rings (SSSR count). The number of benzene rings is 1. The zero-order valence-electron chi connectivity index (χ0n) is 13.9. The molecule has 3 aromatic rings. The summed E-state index contributed by atoms with van der Waals surface area (Å²) in [7, 11) is 0. The number of hydrogen-bond acceptors (Lipinski definition) is 4. The number of thiazole rings is 1. The van der Waals surface area contributed by atoms with Crippen LogP contribution in [0.25, 0.3) is 0 Å². The summed E-state index contributed by atoms with van der Waals surface area (Å²) in [5, 5.41) is 8.88. The summed E-state index contributed by atoms with van der Waals surface area (Å²) in [5.41, 5.74) is 2.02. The van der Waals surface area contributed by atoms with Gasteiger partial charge in [-0.05, 0) is 42.5 Å². The van der Waals surface area contributed by atoms with Gasteiger partial charge < -0.3 is 5.32 Å². The number of amides is 1. The third kappa shape index (κ3) is 5.14. The Morgan fingerprint density at radius 1 is 1.24 bits per heavy atom. The number of rotatable bonds is 7. The van der Waals surface area contributed by atoms with Crippen molar-refractivity contribution in [3.05, 3.63) is 73.3 Å². The molecule has 130 valence electrons. The molecule has 0 radical (unpaired) electrons. The molecule has 0 saturated heterocycles. The summed E-state index contributed by atoms with van der Waals surface area (Å²) in [6.07, 6.45) is 1.45. The van der Waals surface area contributed by atoms with Gasteiger partial charge in [0.25, 0.3) is 0 Å². The van der Waals surface area contributed by atoms with Gasteiger partial charge in [-0.15, -0.1) is 22.7 Å². The van der Waals surface area contributed by atoms with E-state index in [1.807, 2.05) is 48.0 Å². The highest BCUT2D eigenvalue weighted by molar-refractivity contribution is 7.10. The van der Waals surface area contributed by atoms with Gasteiger partial charge in [0, 0.05) is 28.2 Å². The monoisotopic (exact) mass is 390 g/mol. The average molecular weight is 391 g/mol. The molecule has 0 spiro atoms. The second kappa shape index (κ2) is 8.61. The van der Waals surface area contributed by atoms with Crippen LogP contribution in [0.1, 0.15) is 27.1 Å². The van der Waals surface area contributed by atoms with Gasteiger partial charge in [0.15, 0.2) is 0 Å². The van der Waals surface area contributed by atoms with Crippen LogP contribution in [0, 0.1) is 6.92 Å². The molecule has 25 heavy (non-hydrogen) atoms. The number of aryl methyl sites for hydroxylation is 1. The SMILES string of the molecule is Cc1nc(CCNC(=O)C(Cc2cccs2)c2ccc(Cl)cc2)cs1. The molecule has 0 bridgehead atoms. The lowest BCUT2D eigenvalue weighted by atomic mass is 9.94. The summed E-state index contributed by atoms with van der Waals surface area (Å²) in [6.45, 7) is 2.58. The van der Waals surface area contributed by atoms with Crippen molar-refractivity contribution >= 4 is 40.2 Å². The normalized spacial score (nSPS) is 12.1. The van der Waals surface area contributed by atoms with Gasteiger partial charge in [-0.3, -0.25) is 4.79 Å². The average Bonchev–Trinajstić information content (AvgIpc) is 3.25. The molecule has 1 aromatic carbocycles. The minimum Gasteiger partial charge on any atom is -0.355 e. The number of nitrogens with one attached hydrogen (secondary N) is 1. The molecular weight excluding hydrogens is 372 g/mol. The van der Waals surface area contributed by atoms with Crippen LogP contribution in [0.2, 0.25) is 5.02 Å². The number of hydrogen-bond donors (Lipinski definition) is 1. The largest absolute Gasteiger partial charge is 0.355 e. The molecule has 2 aromatic heterocycles. The molecule has 0 fully saturated rings. The minimum atomic E-state index is -0.215. The summed E-state index contributed by atoms with van der Waals surface area (Å²) in [5.74, 6) is -0.171. The van der Waals surface area contributed by atoms with E-state index in [9.17, 15) is 4.79 Å². The quantitative estimate of drug-likeness (QED) is 0.626. The first-order chi connectivity index (χ1) is 12.1. The molecule has 6 heteroatoms. The van der Waals surface area contributed by atoms with Crippen molar-refractivity contribution in [1.29, 1.82) is 0 Å². The molecule has 1 atom stereocenters. The summed E-state index contributed by atoms with van der Waals surface area (Å²) < 4.78 is 0. The molecule has 0 aliphatic rings. The van der Waals surface area contributed by atoms with E-state index in [-0.39, 0.29) is 11.8 Å². The second-order valence-corrected chi connectivity index (χ2v) is 8.32. The highest BCUT2D eigenvalue weighted by atomic mass is 35.5. The van der Waals surface area contributed by atoms with Crippen molar-refractivity contribution in [3.8, 4) is 0 Å². The van der Waals surface area contributed by atoms with Crippen LogP contribution in [-0.2, 0) is 17.6 Å². The van der Waals surface area contributed by atoms with Gasteiger partial charge in [-0.25, -0.2) is 4.98 Å². The van der Waals surface area contributed by atoms with Crippen LogP contribution >= 0.6 is 34.3 Å². The summed E-state index contributed by atoms with van der Waals surface area (Å²) in [4.78, 5) is 18.4. The predicted molar refractivity (Wildman–Crippen MR) is 106 cm³/mol. The smallest absolute Gasteiger partial charge is 0.227 e. The number of halogens is 1. The first-order valence-electron chi connectivity index (χ1n) is 8.08. The van der Waals surface area contributed by atoms with E-state index in [4.69, 9.17) is 11.6 Å². The van der Waals surface area contributed by atoms with Crippen molar-refractivity contribution in [2.75, 3.05) is 6.54 Å². The molecule has 0 saturated carbocycles. The van der Waals surface area contributed by atoms with Crippen LogP contribution in [0.4, 0.5) is 0 Å². The molecule has 2 heterocycles. The van der Waals surface area contributed by atoms with Gasteiger partial charge in [0.2, 0.25) is 5.91 Å². The van der Waals surface area contributed by atoms with E-state index in [2.05, 4.69) is 16.4 Å². The van der Waals surface area contributed by atoms with Gasteiger partial charge in [-0.2, -0.15) is 0 Å². The fourth-order valence-corrected chi connectivity index (χ4v) is 4.17. The topological polar surface area (TPSA) is 42.0 Å². The number of thiophene rings is 1. The Morgan fingerprint density at radius 3 is 2.68 bits per heavy atom. The zero-order valence-corrected chi connectivity index (χ0v) is 16.3. The minimum absolute atomic E-state index is 0.0441. The lowest BCUT2D eigenvalue weighted by molar-refractivity contribution is -0.122. The highest BCUT2D eigenvalue weighted by Gasteiger charge is 2.21. The second-order valence-electron chi connectivity index (χ2n) is 5.79. The van der Waals surface area contributed by atoms with E-state index in [0.29, 0.717) is 18.0 Å². The van der Waals surface area contributed by atoms with Gasteiger partial charge in [0.1, 0.15) is 0 Å². The third-order valence-electron chi connectivity index (χ3n) is 3.92. The Bertz CT molecular complexity index is 812. The highest BCUT2D eigenvalue weighted by Crippen LogP contribution is 2.25. The van der Waals surface area contributed by atoms with Crippen LogP contribution in [0.5, 0.6) is 0 Å². The first kappa shape index (κ1) is 18.1. The summed E-state index contributed by atoms with van der Waals surface area (Å²) >= 11 is 9.30. The van der Waals surface area contributed by atoms with Crippen molar-refractivity contribution in [3.63, 3.8) is 0 Å². The van der Waals surface area contributed by atoms with E-state index in [1.165, 1.54) is 4.88 Å². The number of carbonyl (C=O) groups excluding carboxylic acids is 1. The Kier molecular flexibility index (Phi) is 6.24. The zero-order chi connectivity index (χ0) is 17.6. The van der Waals surface area contributed by atoms with Crippen LogP contribution in [0.3, 0.4) is 0 Å². The van der Waals surface area contributed by atoms with Crippen LogP contribution in [0.15, 0.2) is 47.2 Å². The Balaban J connectivity index is 1.66. The summed E-state index contributed by atoms with van der Waals surface area (Å²) in [6, 6.07) is 11.6. The maximum absolute atomic E-state index is 12.8. The van der Waals surface area contributed by atoms with E-state index in [1.54, 1.807) is 22.7 Å². The first-order valence-corrected chi connectivity index (χ1v) is 10.2. The molecule has 0 aliphatic heterocycles. The van der Waals surface area contributed by atoms with E-state index < -0.39 is 0 Å². The van der Waals surface area contributed by atoms with Crippen LogP contribution < -0.4 is 5.32 Å². The van der Waals surface area contributed by atoms with Gasteiger partial charge >= 0.3 is 0 Å². The van der Waals surface area contributed by atoms with E-state index >= 15 is 0 Å². The molecular formula is C19H19ClN2OS2. The molecule has 1 amide bonds. The molecule has 1 unspecified atom stereocenters. The van der Waals surface area contributed by atoms with Crippen molar-refractivity contribution < 1.29 is 4.79 Å². The standard InChI is InChI=1S/C19H19ClN2OS2/c1-13-22-16(12-25-13)8-9-21-19(23)18(11-17-3-2-10-24-17)14-4-6-15(20)7-5-14/h2-7,10,12,18H,8-9,11H2,1H3,(H,21,23). The van der Waals surface area contributed by atoms with Crippen molar-refractivity contribution in [2.45, 2.75) is 25.7 Å². The maximum Gasteiger partial charge on any atom is 0.227 e. The third-order valence-corrected chi connectivity index (χ3v) is 5.89. The Labute approximate surface area is 160 Å². The molecule has 0 aliphatic carbocycles. The lowest BCUT2D eigenvalue weighted by Crippen LogP contribution is -2.32. The van der Waals surface area contributed by atoms with Crippen LogP contribution in [-0.4, -0.2) is 17.4 Å². The number of nitrogens with zero attached hydrogens (tertiary/aromatic N) is 1. The van der Waals surface area contributed by atoms with Gasteiger partial charge in [0.05, 0.1) is 16.6 Å². The number of aromatic nitrogens is 1. The fourth-order valence-electron chi connectivity index (χ4n) is 2.65. The lowest BCUT2D eigenvalue weighted by Gasteiger charge is -2.17. The fraction of sp³-hybridized carbons (Fsp3) is 0.263.